The Labute approximate surface area is 181 Å². The third-order valence-corrected chi connectivity index (χ3v) is 7.81. The van der Waals surface area contributed by atoms with Crippen molar-refractivity contribution in [2.24, 2.45) is 0 Å². The number of halogens is 1. The van der Waals surface area contributed by atoms with E-state index in [0.29, 0.717) is 10.8 Å². The maximum atomic E-state index is 13.7. The van der Waals surface area contributed by atoms with Crippen molar-refractivity contribution in [3.63, 3.8) is 0 Å². The number of nitrogens with one attached hydrogen (secondary N) is 1. The summed E-state index contributed by atoms with van der Waals surface area (Å²) in [6, 6.07) is 0. The molecule has 1 aliphatic rings. The van der Waals surface area contributed by atoms with E-state index >= 15 is 0 Å². The topological polar surface area (TPSA) is 247 Å². The number of phosphoric acid groups is 3. The maximum absolute atomic E-state index is 13.7. The minimum absolute atomic E-state index is 0.433. The third-order valence-electron chi connectivity index (χ3n) is 3.73. The number of nitrogens with zero attached hydrogens (tertiary/aromatic N) is 1. The smallest absolute Gasteiger partial charge is 0.386 e. The van der Waals surface area contributed by atoms with Crippen LogP contribution in [0.1, 0.15) is 6.23 Å². The summed E-state index contributed by atoms with van der Waals surface area (Å²) < 4.78 is 64.0. The standard InChI is InChI=1S/C11H14FN2O14P3S/c1-2-11(4-25-30(21,22)28-31(23,24)27-29(18,19)20)7(16)6(15)9(26-11)14-3-5(12)8(32)13-10(14)17/h1,3,6-7,9,15-16H,4H2,(H,21,22)(H,23,24)(H,13,17,32)(H2,18,19,20)/t6-,7?,9+,11+/m0/s1. The quantitative estimate of drug-likeness (QED) is 0.118. The molecule has 3 unspecified atom stereocenters. The Morgan fingerprint density at radius 2 is 1.84 bits per heavy atom. The van der Waals surface area contributed by atoms with Gasteiger partial charge in [0.2, 0.25) is 0 Å². The molecule has 2 rings (SSSR count). The van der Waals surface area contributed by atoms with Crippen LogP contribution in [0.25, 0.3) is 0 Å². The number of aliphatic hydroxyl groups excluding tert-OH is 2. The number of hydrogen-bond donors (Lipinski definition) is 7. The fraction of sp³-hybridized carbons (Fsp3) is 0.455. The van der Waals surface area contributed by atoms with E-state index in [1.165, 1.54) is 0 Å². The van der Waals surface area contributed by atoms with Crippen LogP contribution < -0.4 is 5.69 Å². The minimum Gasteiger partial charge on any atom is -0.386 e. The lowest BCUT2D eigenvalue weighted by Gasteiger charge is -2.27. The molecule has 7 N–H and O–H groups in total. The molecule has 180 valence electrons. The molecule has 0 aliphatic carbocycles. The van der Waals surface area contributed by atoms with Crippen LogP contribution in [0.15, 0.2) is 11.0 Å². The number of hydrogen-bond acceptors (Lipinski definition) is 11. The fourth-order valence-electron chi connectivity index (χ4n) is 2.42. The van der Waals surface area contributed by atoms with Gasteiger partial charge in [-0.1, -0.05) is 18.1 Å². The molecule has 1 aromatic heterocycles. The van der Waals surface area contributed by atoms with Crippen LogP contribution in [0.4, 0.5) is 4.39 Å². The van der Waals surface area contributed by atoms with Crippen molar-refractivity contribution in [1.82, 2.24) is 9.55 Å². The Balaban J connectivity index is 2.26. The molecule has 1 fully saturated rings. The highest BCUT2D eigenvalue weighted by Crippen LogP contribution is 2.66. The van der Waals surface area contributed by atoms with E-state index in [2.05, 4.69) is 25.4 Å². The number of aromatic amines is 1. The van der Waals surface area contributed by atoms with Gasteiger partial charge in [0, 0.05) is 0 Å². The second-order valence-electron chi connectivity index (χ2n) is 5.99. The molecule has 0 radical (unpaired) electrons. The van der Waals surface area contributed by atoms with Gasteiger partial charge < -0.3 is 34.5 Å². The summed E-state index contributed by atoms with van der Waals surface area (Å²) in [4.78, 5) is 49.5. The average molecular weight is 542 g/mol. The first-order valence-electron chi connectivity index (χ1n) is 7.73. The number of H-pyrrole nitrogens is 1. The zero-order valence-corrected chi connectivity index (χ0v) is 18.6. The number of terminal acetylenes is 1. The molecule has 21 heteroatoms. The SMILES string of the molecule is C#C[C@]1(COP(=O)(O)OP(=O)(O)OP(=O)(O)O)O[C@@H](n2cc(F)c(=S)[nH]c2=O)[C@@H](O)C1O. The van der Waals surface area contributed by atoms with Crippen LogP contribution in [0, 0.1) is 22.8 Å². The van der Waals surface area contributed by atoms with Gasteiger partial charge in [0.15, 0.2) is 17.6 Å². The van der Waals surface area contributed by atoms with Crippen LogP contribution in [0.3, 0.4) is 0 Å². The van der Waals surface area contributed by atoms with E-state index in [0.717, 1.165) is 0 Å². The third kappa shape index (κ3) is 6.26. The lowest BCUT2D eigenvalue weighted by Crippen LogP contribution is -2.45. The van der Waals surface area contributed by atoms with Gasteiger partial charge in [0.1, 0.15) is 23.5 Å². The summed E-state index contributed by atoms with van der Waals surface area (Å²) in [6.45, 7) is -1.35. The highest BCUT2D eigenvalue weighted by Gasteiger charge is 2.56. The summed E-state index contributed by atoms with van der Waals surface area (Å²) in [5.74, 6) is 0.690. The number of rotatable bonds is 8. The van der Waals surface area contributed by atoms with Gasteiger partial charge in [-0.3, -0.25) is 14.1 Å². The van der Waals surface area contributed by atoms with Gasteiger partial charge in [0.25, 0.3) is 0 Å². The molecule has 1 aromatic rings. The van der Waals surface area contributed by atoms with Gasteiger partial charge in [-0.15, -0.1) is 6.42 Å². The van der Waals surface area contributed by atoms with E-state index in [9.17, 15) is 38.0 Å². The van der Waals surface area contributed by atoms with Crippen molar-refractivity contribution in [1.29, 1.82) is 0 Å². The van der Waals surface area contributed by atoms with Crippen LogP contribution >= 0.6 is 35.7 Å². The van der Waals surface area contributed by atoms with Crippen molar-refractivity contribution < 1.29 is 65.8 Å². The predicted octanol–water partition coefficient (Wildman–Crippen LogP) is -0.989. The van der Waals surface area contributed by atoms with Crippen molar-refractivity contribution in [3.05, 3.63) is 27.1 Å². The lowest BCUT2D eigenvalue weighted by molar-refractivity contribution is -0.0922. The van der Waals surface area contributed by atoms with E-state index < -0.39 is 70.3 Å². The molecule has 32 heavy (non-hydrogen) atoms. The van der Waals surface area contributed by atoms with Crippen LogP contribution in [0.2, 0.25) is 0 Å². The first kappa shape index (κ1) is 27.1. The molecule has 0 aromatic carbocycles. The van der Waals surface area contributed by atoms with E-state index in [1.54, 1.807) is 5.92 Å². The highest BCUT2D eigenvalue weighted by atomic mass is 32.1. The Morgan fingerprint density at radius 3 is 2.38 bits per heavy atom. The van der Waals surface area contributed by atoms with Crippen LogP contribution in [-0.4, -0.2) is 63.8 Å². The number of aliphatic hydroxyl groups is 2. The molecule has 0 amide bonds. The molecule has 0 saturated carbocycles. The predicted molar refractivity (Wildman–Crippen MR) is 99.4 cm³/mol. The average Bonchev–Trinajstić information content (AvgIpc) is 2.85. The van der Waals surface area contributed by atoms with Crippen molar-refractivity contribution >= 4 is 35.7 Å². The highest BCUT2D eigenvalue weighted by molar-refractivity contribution is 7.71. The van der Waals surface area contributed by atoms with Gasteiger partial charge >= 0.3 is 29.2 Å². The second kappa shape index (κ2) is 9.26. The molecule has 2 heterocycles. The van der Waals surface area contributed by atoms with Crippen LogP contribution in [0.5, 0.6) is 0 Å². The molecule has 6 atom stereocenters. The first-order valence-corrected chi connectivity index (χ1v) is 12.7. The number of ether oxygens (including phenoxy) is 1. The lowest BCUT2D eigenvalue weighted by atomic mass is 9.97. The van der Waals surface area contributed by atoms with Crippen LogP contribution in [-0.2, 0) is 31.6 Å². The Bertz CT molecular complexity index is 1190. The molecular weight excluding hydrogens is 528 g/mol. The Kier molecular flexibility index (Phi) is 7.85. The summed E-state index contributed by atoms with van der Waals surface area (Å²) in [6.07, 6.45) is -0.266. The normalized spacial score (nSPS) is 29.8. The van der Waals surface area contributed by atoms with E-state index in [-0.39, 0.29) is 0 Å². The van der Waals surface area contributed by atoms with Crippen molar-refractivity contribution in [2.45, 2.75) is 24.0 Å². The van der Waals surface area contributed by atoms with Gasteiger partial charge in [-0.25, -0.2) is 22.9 Å². The van der Waals surface area contributed by atoms with Gasteiger partial charge in [-0.2, -0.15) is 8.62 Å². The molecular formula is C11H14FN2O14P3S. The van der Waals surface area contributed by atoms with E-state index in [1.807, 2.05) is 4.98 Å². The summed E-state index contributed by atoms with van der Waals surface area (Å²) in [5, 5.41) is 20.5. The molecule has 1 saturated heterocycles. The monoisotopic (exact) mass is 542 g/mol. The van der Waals surface area contributed by atoms with Gasteiger partial charge in [-0.05, 0) is 0 Å². The fourth-order valence-corrected chi connectivity index (χ4v) is 5.61. The van der Waals surface area contributed by atoms with E-state index in [4.69, 9.17) is 25.8 Å². The summed E-state index contributed by atoms with van der Waals surface area (Å²) in [7, 11) is -17.1. The Hall–Kier alpha value is -1.12. The Morgan fingerprint density at radius 1 is 1.25 bits per heavy atom. The molecule has 0 spiro atoms. The molecule has 1 aliphatic heterocycles. The van der Waals surface area contributed by atoms with Gasteiger partial charge in [0.05, 0.1) is 6.20 Å². The summed E-state index contributed by atoms with van der Waals surface area (Å²) >= 11 is 4.53. The van der Waals surface area contributed by atoms with Crippen molar-refractivity contribution in [3.8, 4) is 12.3 Å². The number of aromatic nitrogens is 2. The largest absolute Gasteiger partial charge is 0.490 e. The zero-order valence-electron chi connectivity index (χ0n) is 15.1. The minimum atomic E-state index is -5.84. The molecule has 0 bridgehead atoms. The number of phosphoric ester groups is 1. The van der Waals surface area contributed by atoms with Crippen molar-refractivity contribution in [2.75, 3.05) is 6.61 Å². The molecule has 16 nitrogen and oxygen atoms in total. The summed E-state index contributed by atoms with van der Waals surface area (Å²) in [5.41, 5.74) is -3.59. The first-order chi connectivity index (χ1) is 14.4. The maximum Gasteiger partial charge on any atom is 0.490 e. The second-order valence-corrected chi connectivity index (χ2v) is 10.8. The zero-order chi connectivity index (χ0) is 24.7.